The molecule has 136 valence electrons. The minimum atomic E-state index is 1.02. The van der Waals surface area contributed by atoms with Crippen LogP contribution in [-0.2, 0) is 0 Å². The molecule has 0 fully saturated rings. The summed E-state index contributed by atoms with van der Waals surface area (Å²) >= 11 is 3.63. The number of aromatic nitrogens is 1. The fourth-order valence-corrected chi connectivity index (χ4v) is 4.76. The fourth-order valence-electron chi connectivity index (χ4n) is 4.36. The Labute approximate surface area is 176 Å². The molecule has 0 amide bonds. The maximum atomic E-state index is 5.23. The fraction of sp³-hybridized carbons (Fsp3) is 0. The lowest BCUT2D eigenvalue weighted by Gasteiger charge is -2.14. The van der Waals surface area contributed by atoms with Crippen molar-refractivity contribution in [2.24, 2.45) is 0 Å². The predicted octanol–water partition coefficient (Wildman–Crippen LogP) is 8.12. The van der Waals surface area contributed by atoms with E-state index in [2.05, 4.69) is 113 Å². The Balaban J connectivity index is 1.91. The zero-order chi connectivity index (χ0) is 19.4. The van der Waals surface area contributed by atoms with Crippen LogP contribution in [0.15, 0.2) is 102 Å². The number of pyridine rings is 1. The van der Waals surface area contributed by atoms with Gasteiger partial charge in [-0.05, 0) is 28.3 Å². The zero-order valence-electron chi connectivity index (χ0n) is 15.6. The predicted molar refractivity (Wildman–Crippen MR) is 127 cm³/mol. The first-order chi connectivity index (χ1) is 14.3. The molecule has 29 heavy (non-hydrogen) atoms. The van der Waals surface area contributed by atoms with Gasteiger partial charge in [0.05, 0.1) is 11.2 Å². The first-order valence-corrected chi connectivity index (χ1v) is 10.5. The Hall–Kier alpha value is -3.23. The average Bonchev–Trinajstić information content (AvgIpc) is 2.78. The Morgan fingerprint density at radius 3 is 2.03 bits per heavy atom. The molecule has 0 aliphatic carbocycles. The van der Waals surface area contributed by atoms with Crippen LogP contribution in [0.4, 0.5) is 0 Å². The van der Waals surface area contributed by atoms with Crippen molar-refractivity contribution in [1.29, 1.82) is 0 Å². The molecule has 5 aromatic carbocycles. The summed E-state index contributed by atoms with van der Waals surface area (Å²) < 4.78 is 1.06. The van der Waals surface area contributed by atoms with Crippen molar-refractivity contribution in [3.63, 3.8) is 0 Å². The van der Waals surface area contributed by atoms with Gasteiger partial charge in [-0.2, -0.15) is 0 Å². The molecule has 0 saturated heterocycles. The number of fused-ring (bicyclic) bond motifs is 7. The third kappa shape index (κ3) is 2.56. The number of hydrogen-bond acceptors (Lipinski definition) is 1. The van der Waals surface area contributed by atoms with Crippen LogP contribution in [0.5, 0.6) is 0 Å². The van der Waals surface area contributed by atoms with Crippen LogP contribution in [-0.4, -0.2) is 4.98 Å². The highest BCUT2D eigenvalue weighted by Crippen LogP contribution is 2.39. The largest absolute Gasteiger partial charge is 0.246 e. The summed E-state index contributed by atoms with van der Waals surface area (Å²) in [5.74, 6) is 0. The van der Waals surface area contributed by atoms with Gasteiger partial charge >= 0.3 is 0 Å². The van der Waals surface area contributed by atoms with Gasteiger partial charge in [-0.25, -0.2) is 4.98 Å². The average molecular weight is 434 g/mol. The molecule has 0 aliphatic heterocycles. The molecule has 1 nitrogen and oxygen atoms in total. The van der Waals surface area contributed by atoms with Gasteiger partial charge in [0.1, 0.15) is 0 Å². The Bertz CT molecular complexity index is 1570. The van der Waals surface area contributed by atoms with Crippen molar-refractivity contribution in [2.75, 3.05) is 0 Å². The standard InChI is InChI=1S/C27H16BrN/c28-20-9-5-8-19(16-20)26-23-14-12-17-6-1-3-10-21(17)25(23)24-15-13-18-7-2-4-11-22(18)27(24)29-26/h1-16H. The monoisotopic (exact) mass is 433 g/mol. The molecule has 1 aromatic heterocycles. The molecule has 0 spiro atoms. The van der Waals surface area contributed by atoms with Crippen molar-refractivity contribution >= 4 is 59.2 Å². The van der Waals surface area contributed by atoms with E-state index in [1.165, 1.54) is 37.7 Å². The second-order valence-corrected chi connectivity index (χ2v) is 8.28. The molecule has 0 radical (unpaired) electrons. The number of halogens is 1. The summed E-state index contributed by atoms with van der Waals surface area (Å²) in [5, 5.41) is 8.58. The summed E-state index contributed by atoms with van der Waals surface area (Å²) in [7, 11) is 0. The van der Waals surface area contributed by atoms with Crippen molar-refractivity contribution in [3.05, 3.63) is 102 Å². The van der Waals surface area contributed by atoms with E-state index >= 15 is 0 Å². The van der Waals surface area contributed by atoms with Gasteiger partial charge in [-0.15, -0.1) is 0 Å². The molecule has 0 saturated carbocycles. The van der Waals surface area contributed by atoms with E-state index in [9.17, 15) is 0 Å². The molecule has 0 aliphatic rings. The number of benzene rings is 5. The molecular formula is C27H16BrN. The first kappa shape index (κ1) is 16.7. The van der Waals surface area contributed by atoms with Gasteiger partial charge in [0.25, 0.3) is 0 Å². The Morgan fingerprint density at radius 1 is 0.552 bits per heavy atom. The highest BCUT2D eigenvalue weighted by Gasteiger charge is 2.14. The second kappa shape index (κ2) is 6.40. The smallest absolute Gasteiger partial charge is 0.0794 e. The van der Waals surface area contributed by atoms with Gasteiger partial charge in [0, 0.05) is 31.6 Å². The number of hydrogen-bond donors (Lipinski definition) is 0. The molecular weight excluding hydrogens is 418 g/mol. The molecule has 1 heterocycles. The molecule has 6 aromatic rings. The van der Waals surface area contributed by atoms with Crippen LogP contribution in [0.3, 0.4) is 0 Å². The maximum absolute atomic E-state index is 5.23. The lowest BCUT2D eigenvalue weighted by atomic mass is 9.94. The van der Waals surface area contributed by atoms with E-state index < -0.39 is 0 Å². The van der Waals surface area contributed by atoms with Gasteiger partial charge < -0.3 is 0 Å². The summed E-state index contributed by atoms with van der Waals surface area (Å²) in [6.45, 7) is 0. The second-order valence-electron chi connectivity index (χ2n) is 7.36. The lowest BCUT2D eigenvalue weighted by molar-refractivity contribution is 1.44. The summed E-state index contributed by atoms with van der Waals surface area (Å²) in [4.78, 5) is 5.23. The van der Waals surface area contributed by atoms with Crippen molar-refractivity contribution in [2.45, 2.75) is 0 Å². The molecule has 0 bridgehead atoms. The Morgan fingerprint density at radius 2 is 1.24 bits per heavy atom. The molecule has 0 N–H and O–H groups in total. The normalized spacial score (nSPS) is 11.6. The SMILES string of the molecule is Brc1cccc(-c2nc3c4ccccc4ccc3c3c2ccc2ccccc23)c1. The van der Waals surface area contributed by atoms with Crippen LogP contribution in [0.25, 0.3) is 54.5 Å². The number of rotatable bonds is 1. The van der Waals surface area contributed by atoms with Gasteiger partial charge in [-0.1, -0.05) is 101 Å². The van der Waals surface area contributed by atoms with Crippen molar-refractivity contribution in [1.82, 2.24) is 4.98 Å². The van der Waals surface area contributed by atoms with E-state index in [1.54, 1.807) is 0 Å². The molecule has 0 atom stereocenters. The number of nitrogens with zero attached hydrogens (tertiary/aromatic N) is 1. The summed E-state index contributed by atoms with van der Waals surface area (Å²) in [6.07, 6.45) is 0. The summed E-state index contributed by atoms with van der Waals surface area (Å²) in [6, 6.07) is 34.4. The first-order valence-electron chi connectivity index (χ1n) is 9.68. The third-order valence-electron chi connectivity index (χ3n) is 5.68. The van der Waals surface area contributed by atoms with Crippen LogP contribution in [0.1, 0.15) is 0 Å². The molecule has 6 rings (SSSR count). The van der Waals surface area contributed by atoms with Gasteiger partial charge in [-0.3, -0.25) is 0 Å². The highest BCUT2D eigenvalue weighted by atomic mass is 79.9. The van der Waals surface area contributed by atoms with Gasteiger partial charge in [0.2, 0.25) is 0 Å². The third-order valence-corrected chi connectivity index (χ3v) is 6.17. The van der Waals surface area contributed by atoms with E-state index in [-0.39, 0.29) is 0 Å². The maximum Gasteiger partial charge on any atom is 0.0794 e. The molecule has 2 heteroatoms. The van der Waals surface area contributed by atoms with E-state index in [0.29, 0.717) is 0 Å². The van der Waals surface area contributed by atoms with Crippen molar-refractivity contribution in [3.8, 4) is 11.3 Å². The van der Waals surface area contributed by atoms with Crippen LogP contribution in [0, 0.1) is 0 Å². The molecule has 0 unspecified atom stereocenters. The zero-order valence-corrected chi connectivity index (χ0v) is 17.1. The topological polar surface area (TPSA) is 12.9 Å². The van der Waals surface area contributed by atoms with E-state index in [1.807, 2.05) is 0 Å². The Kier molecular flexibility index (Phi) is 3.68. The van der Waals surface area contributed by atoms with Crippen LogP contribution >= 0.6 is 15.9 Å². The van der Waals surface area contributed by atoms with Gasteiger partial charge in [0.15, 0.2) is 0 Å². The van der Waals surface area contributed by atoms with E-state index in [0.717, 1.165) is 21.2 Å². The quantitative estimate of drug-likeness (QED) is 0.238. The minimum Gasteiger partial charge on any atom is -0.246 e. The summed E-state index contributed by atoms with van der Waals surface area (Å²) in [5.41, 5.74) is 3.20. The van der Waals surface area contributed by atoms with Crippen molar-refractivity contribution < 1.29 is 0 Å². The highest BCUT2D eigenvalue weighted by molar-refractivity contribution is 9.10. The van der Waals surface area contributed by atoms with Crippen LogP contribution in [0.2, 0.25) is 0 Å². The minimum absolute atomic E-state index is 1.02. The lowest BCUT2D eigenvalue weighted by Crippen LogP contribution is -1.92. The van der Waals surface area contributed by atoms with Crippen LogP contribution < -0.4 is 0 Å². The van der Waals surface area contributed by atoms with E-state index in [4.69, 9.17) is 4.98 Å².